The van der Waals surface area contributed by atoms with Crippen molar-refractivity contribution in [2.45, 2.75) is 6.42 Å². The van der Waals surface area contributed by atoms with Gasteiger partial charge >= 0.3 is 0 Å². The summed E-state index contributed by atoms with van der Waals surface area (Å²) in [7, 11) is 0. The summed E-state index contributed by atoms with van der Waals surface area (Å²) in [6, 6.07) is 12.9. The van der Waals surface area contributed by atoms with E-state index >= 15 is 0 Å². The van der Waals surface area contributed by atoms with E-state index in [1.807, 2.05) is 12.1 Å². The van der Waals surface area contributed by atoms with Gasteiger partial charge in [-0.1, -0.05) is 15.9 Å². The van der Waals surface area contributed by atoms with Crippen molar-refractivity contribution in [2.24, 2.45) is 0 Å². The van der Waals surface area contributed by atoms with E-state index in [9.17, 15) is 4.79 Å². The highest BCUT2D eigenvalue weighted by atomic mass is 79.9. The zero-order chi connectivity index (χ0) is 14.8. The monoisotopic (exact) mass is 341 g/mol. The number of nitriles is 1. The molecule has 104 valence electrons. The maximum Gasteiger partial charge on any atom is 0.255 e. The quantitative estimate of drug-likeness (QED) is 0.877. The van der Waals surface area contributed by atoms with Gasteiger partial charge in [-0.05, 0) is 48.4 Å². The van der Waals surface area contributed by atoms with Gasteiger partial charge in [0.25, 0.3) is 5.91 Å². The predicted molar refractivity (Wildman–Crippen MR) is 85.4 cm³/mol. The molecule has 2 N–H and O–H groups in total. The topological polar surface area (TPSA) is 64.9 Å². The van der Waals surface area contributed by atoms with Gasteiger partial charge in [-0.2, -0.15) is 5.26 Å². The minimum Gasteiger partial charge on any atom is -0.384 e. The first kappa shape index (κ1) is 13.7. The fourth-order valence-electron chi connectivity index (χ4n) is 2.36. The van der Waals surface area contributed by atoms with E-state index in [-0.39, 0.29) is 5.91 Å². The second-order valence-corrected chi connectivity index (χ2v) is 5.72. The van der Waals surface area contributed by atoms with Crippen LogP contribution in [-0.4, -0.2) is 12.5 Å². The lowest BCUT2D eigenvalue weighted by Crippen LogP contribution is -2.13. The Morgan fingerprint density at radius 3 is 2.95 bits per heavy atom. The van der Waals surface area contributed by atoms with Crippen LogP contribution in [0.1, 0.15) is 21.5 Å². The molecule has 3 rings (SSSR count). The van der Waals surface area contributed by atoms with Crippen molar-refractivity contribution in [3.8, 4) is 6.07 Å². The van der Waals surface area contributed by atoms with Gasteiger partial charge in [0.05, 0.1) is 11.3 Å². The highest BCUT2D eigenvalue weighted by Gasteiger charge is 2.14. The summed E-state index contributed by atoms with van der Waals surface area (Å²) in [5.74, 6) is -0.209. The first-order chi connectivity index (χ1) is 10.2. The van der Waals surface area contributed by atoms with E-state index in [4.69, 9.17) is 5.26 Å². The predicted octanol–water partition coefficient (Wildman–Crippen LogP) is 3.54. The first-order valence-electron chi connectivity index (χ1n) is 6.55. The first-order valence-corrected chi connectivity index (χ1v) is 7.34. The van der Waals surface area contributed by atoms with Crippen LogP contribution >= 0.6 is 15.9 Å². The molecule has 0 bridgehead atoms. The van der Waals surface area contributed by atoms with Crippen molar-refractivity contribution in [2.75, 3.05) is 17.2 Å². The average Bonchev–Trinajstić information content (AvgIpc) is 2.94. The number of rotatable bonds is 2. The summed E-state index contributed by atoms with van der Waals surface area (Å²) in [5.41, 5.74) is 3.79. The van der Waals surface area contributed by atoms with Crippen molar-refractivity contribution in [3.05, 3.63) is 57.6 Å². The third-order valence-electron chi connectivity index (χ3n) is 3.43. The van der Waals surface area contributed by atoms with E-state index in [1.54, 1.807) is 24.3 Å². The van der Waals surface area contributed by atoms with Gasteiger partial charge in [-0.3, -0.25) is 4.79 Å². The van der Waals surface area contributed by atoms with Crippen molar-refractivity contribution < 1.29 is 4.79 Å². The van der Waals surface area contributed by atoms with Crippen LogP contribution in [0.15, 0.2) is 40.9 Å². The fraction of sp³-hybridized carbons (Fsp3) is 0.125. The summed E-state index contributed by atoms with van der Waals surface area (Å²) < 4.78 is 0.815. The van der Waals surface area contributed by atoms with E-state index < -0.39 is 0 Å². The number of carbonyl (C=O) groups is 1. The molecular weight excluding hydrogens is 330 g/mol. The summed E-state index contributed by atoms with van der Waals surface area (Å²) in [6.07, 6.45) is 0.927. The lowest BCUT2D eigenvalue weighted by molar-refractivity contribution is 0.102. The van der Waals surface area contributed by atoms with Crippen molar-refractivity contribution in [3.63, 3.8) is 0 Å². The Hall–Kier alpha value is -2.32. The number of halogens is 1. The number of carbonyl (C=O) groups excluding carboxylic acids is 1. The Bertz CT molecular complexity index is 765. The molecular formula is C16H12BrN3O. The van der Waals surface area contributed by atoms with Crippen LogP contribution < -0.4 is 10.6 Å². The van der Waals surface area contributed by atoms with Crippen LogP contribution in [0.5, 0.6) is 0 Å². The summed E-state index contributed by atoms with van der Waals surface area (Å²) in [4.78, 5) is 12.3. The largest absolute Gasteiger partial charge is 0.384 e. The number of anilines is 2. The molecule has 0 aromatic heterocycles. The Morgan fingerprint density at radius 2 is 2.14 bits per heavy atom. The molecule has 1 heterocycles. The second-order valence-electron chi connectivity index (χ2n) is 4.80. The van der Waals surface area contributed by atoms with Crippen molar-refractivity contribution in [1.82, 2.24) is 0 Å². The lowest BCUT2D eigenvalue weighted by Gasteiger charge is -2.09. The molecule has 0 saturated heterocycles. The van der Waals surface area contributed by atoms with Crippen molar-refractivity contribution in [1.29, 1.82) is 5.26 Å². The maximum absolute atomic E-state index is 12.3. The highest BCUT2D eigenvalue weighted by Crippen LogP contribution is 2.25. The molecule has 0 spiro atoms. The van der Waals surface area contributed by atoms with Gasteiger partial charge in [-0.25, -0.2) is 0 Å². The molecule has 2 aromatic rings. The SMILES string of the molecule is N#Cc1ccc(Br)cc1NC(=O)c1ccc2c(c1)CCN2. The third kappa shape index (κ3) is 2.76. The van der Waals surface area contributed by atoms with Crippen LogP contribution in [0.2, 0.25) is 0 Å². The van der Waals surface area contributed by atoms with E-state index in [0.29, 0.717) is 16.8 Å². The number of hydrogen-bond acceptors (Lipinski definition) is 3. The van der Waals surface area contributed by atoms with Gasteiger partial charge in [0.15, 0.2) is 0 Å². The molecule has 1 amide bonds. The lowest BCUT2D eigenvalue weighted by atomic mass is 10.1. The number of benzene rings is 2. The molecule has 0 atom stereocenters. The van der Waals surface area contributed by atoms with E-state index in [0.717, 1.165) is 28.7 Å². The molecule has 0 radical (unpaired) electrons. The highest BCUT2D eigenvalue weighted by molar-refractivity contribution is 9.10. The van der Waals surface area contributed by atoms with Gasteiger partial charge in [0, 0.05) is 22.3 Å². The minimum atomic E-state index is -0.209. The fourth-order valence-corrected chi connectivity index (χ4v) is 2.72. The van der Waals surface area contributed by atoms with Crippen LogP contribution in [0.25, 0.3) is 0 Å². The van der Waals surface area contributed by atoms with Gasteiger partial charge in [0.1, 0.15) is 6.07 Å². The second kappa shape index (κ2) is 5.58. The summed E-state index contributed by atoms with van der Waals surface area (Å²) in [5, 5.41) is 15.2. The molecule has 4 nitrogen and oxygen atoms in total. The number of hydrogen-bond donors (Lipinski definition) is 2. The number of amides is 1. The smallest absolute Gasteiger partial charge is 0.255 e. The molecule has 2 aromatic carbocycles. The van der Waals surface area contributed by atoms with Crippen molar-refractivity contribution >= 4 is 33.2 Å². The number of nitrogens with zero attached hydrogens (tertiary/aromatic N) is 1. The Labute approximate surface area is 130 Å². The maximum atomic E-state index is 12.3. The van der Waals surface area contributed by atoms with Gasteiger partial charge in [-0.15, -0.1) is 0 Å². The Kier molecular flexibility index (Phi) is 3.63. The Balaban J connectivity index is 1.87. The molecule has 0 unspecified atom stereocenters. The zero-order valence-corrected chi connectivity index (χ0v) is 12.7. The molecule has 0 saturated carbocycles. The third-order valence-corrected chi connectivity index (χ3v) is 3.92. The molecule has 1 aliphatic rings. The summed E-state index contributed by atoms with van der Waals surface area (Å²) in [6.45, 7) is 0.907. The molecule has 0 fully saturated rings. The van der Waals surface area contributed by atoms with Crippen LogP contribution in [0.4, 0.5) is 11.4 Å². The normalized spacial score (nSPS) is 12.2. The van der Waals surface area contributed by atoms with Gasteiger partial charge in [0.2, 0.25) is 0 Å². The summed E-state index contributed by atoms with van der Waals surface area (Å²) >= 11 is 3.34. The zero-order valence-electron chi connectivity index (χ0n) is 11.1. The number of fused-ring (bicyclic) bond motifs is 1. The van der Waals surface area contributed by atoms with Crippen LogP contribution in [0.3, 0.4) is 0 Å². The minimum absolute atomic E-state index is 0.209. The molecule has 21 heavy (non-hydrogen) atoms. The number of nitrogens with one attached hydrogen (secondary N) is 2. The Morgan fingerprint density at radius 1 is 1.29 bits per heavy atom. The van der Waals surface area contributed by atoms with E-state index in [2.05, 4.69) is 32.6 Å². The van der Waals surface area contributed by atoms with E-state index in [1.165, 1.54) is 0 Å². The molecule has 0 aliphatic carbocycles. The standard InChI is InChI=1S/C16H12BrN3O/c17-13-3-1-12(9-18)15(8-13)20-16(21)11-2-4-14-10(7-11)5-6-19-14/h1-4,7-8,19H,5-6H2,(H,20,21). The van der Waals surface area contributed by atoms with Crippen LogP contribution in [0, 0.1) is 11.3 Å². The molecule has 1 aliphatic heterocycles. The van der Waals surface area contributed by atoms with Gasteiger partial charge < -0.3 is 10.6 Å². The molecule has 5 heteroatoms. The van der Waals surface area contributed by atoms with Crippen LogP contribution in [-0.2, 0) is 6.42 Å². The average molecular weight is 342 g/mol.